The molecule has 8 heteroatoms. The maximum Gasteiger partial charge on any atom is 0.231 e. The summed E-state index contributed by atoms with van der Waals surface area (Å²) in [7, 11) is 0. The molecule has 0 atom stereocenters. The Morgan fingerprint density at radius 3 is 2.65 bits per heavy atom. The van der Waals surface area contributed by atoms with Crippen molar-refractivity contribution in [1.29, 1.82) is 0 Å². The Bertz CT molecular complexity index is 459. The first-order valence-electron chi connectivity index (χ1n) is 6.94. The van der Waals surface area contributed by atoms with Crippen molar-refractivity contribution >= 4 is 23.8 Å². The number of hydrogen-bond acceptors (Lipinski definition) is 7. The van der Waals surface area contributed by atoms with Crippen LogP contribution in [-0.2, 0) is 4.79 Å². The first-order chi connectivity index (χ1) is 9.65. The van der Waals surface area contributed by atoms with Crippen LogP contribution in [0.4, 0.5) is 17.8 Å². The van der Waals surface area contributed by atoms with Crippen LogP contribution in [-0.4, -0.2) is 40.5 Å². The summed E-state index contributed by atoms with van der Waals surface area (Å²) in [5, 5.41) is 3.10. The predicted octanol–water partition coefficient (Wildman–Crippen LogP) is 0.121. The van der Waals surface area contributed by atoms with Gasteiger partial charge in [-0.15, -0.1) is 0 Å². The molecule has 1 aliphatic rings. The lowest BCUT2D eigenvalue weighted by molar-refractivity contribution is -0.118. The molecule has 0 bridgehead atoms. The molecule has 0 saturated carbocycles. The van der Waals surface area contributed by atoms with E-state index in [1.807, 2.05) is 0 Å². The molecule has 2 rings (SSSR count). The van der Waals surface area contributed by atoms with E-state index < -0.39 is 0 Å². The van der Waals surface area contributed by atoms with Gasteiger partial charge < -0.3 is 21.7 Å². The van der Waals surface area contributed by atoms with E-state index in [0.717, 1.165) is 38.8 Å². The number of aromatic nitrogens is 3. The highest BCUT2D eigenvalue weighted by molar-refractivity contribution is 5.73. The fourth-order valence-corrected chi connectivity index (χ4v) is 2.14. The molecule has 1 aliphatic heterocycles. The number of carbonyl (C=O) groups is 1. The number of amides is 1. The minimum Gasteiger partial charge on any atom is -0.370 e. The van der Waals surface area contributed by atoms with Crippen molar-refractivity contribution in [3.05, 3.63) is 0 Å². The Kier molecular flexibility index (Phi) is 4.91. The van der Waals surface area contributed by atoms with Crippen molar-refractivity contribution < 1.29 is 4.79 Å². The Morgan fingerprint density at radius 1 is 1.20 bits per heavy atom. The summed E-state index contributed by atoms with van der Waals surface area (Å²) in [6.07, 6.45) is 4.29. The monoisotopic (exact) mass is 279 g/mol. The van der Waals surface area contributed by atoms with E-state index in [1.165, 1.54) is 0 Å². The zero-order valence-electron chi connectivity index (χ0n) is 11.5. The molecule has 20 heavy (non-hydrogen) atoms. The molecule has 0 aliphatic carbocycles. The van der Waals surface area contributed by atoms with Gasteiger partial charge in [0.1, 0.15) is 0 Å². The smallest absolute Gasteiger partial charge is 0.231 e. The second-order valence-corrected chi connectivity index (χ2v) is 4.86. The number of hydrogen-bond donors (Lipinski definition) is 3. The first kappa shape index (κ1) is 14.3. The van der Waals surface area contributed by atoms with Gasteiger partial charge >= 0.3 is 0 Å². The SMILES string of the molecule is NC(=O)CCCCNc1nc(N)nc(N2CCCC2)n1. The lowest BCUT2D eigenvalue weighted by atomic mass is 10.2. The van der Waals surface area contributed by atoms with Crippen LogP contribution in [0.25, 0.3) is 0 Å². The average molecular weight is 279 g/mol. The summed E-state index contributed by atoms with van der Waals surface area (Å²) in [5.41, 5.74) is 10.8. The number of nitrogen functional groups attached to an aromatic ring is 1. The number of primary amides is 1. The van der Waals surface area contributed by atoms with Crippen LogP contribution in [0, 0.1) is 0 Å². The molecule has 110 valence electrons. The largest absolute Gasteiger partial charge is 0.370 e. The summed E-state index contributed by atoms with van der Waals surface area (Å²) in [6.45, 7) is 2.60. The van der Waals surface area contributed by atoms with Crippen molar-refractivity contribution in [3.63, 3.8) is 0 Å². The van der Waals surface area contributed by atoms with Gasteiger partial charge in [0.2, 0.25) is 23.8 Å². The van der Waals surface area contributed by atoms with Crippen LogP contribution in [0.1, 0.15) is 32.1 Å². The molecular formula is C12H21N7O. The lowest BCUT2D eigenvalue weighted by Gasteiger charge is -2.16. The molecule has 1 fully saturated rings. The number of rotatable bonds is 7. The predicted molar refractivity (Wildman–Crippen MR) is 77.2 cm³/mol. The number of carbonyl (C=O) groups excluding carboxylic acids is 1. The van der Waals surface area contributed by atoms with E-state index in [0.29, 0.717) is 24.9 Å². The molecule has 1 saturated heterocycles. The molecular weight excluding hydrogens is 258 g/mol. The van der Waals surface area contributed by atoms with Crippen molar-refractivity contribution in [2.45, 2.75) is 32.1 Å². The highest BCUT2D eigenvalue weighted by Gasteiger charge is 2.16. The van der Waals surface area contributed by atoms with Crippen LogP contribution in [0.5, 0.6) is 0 Å². The molecule has 1 aromatic rings. The van der Waals surface area contributed by atoms with E-state index in [2.05, 4.69) is 25.2 Å². The third-order valence-electron chi connectivity index (χ3n) is 3.16. The quantitative estimate of drug-likeness (QED) is 0.606. The van der Waals surface area contributed by atoms with E-state index in [4.69, 9.17) is 11.5 Å². The topological polar surface area (TPSA) is 123 Å². The molecule has 8 nitrogen and oxygen atoms in total. The fraction of sp³-hybridized carbons (Fsp3) is 0.667. The normalized spacial score (nSPS) is 14.5. The van der Waals surface area contributed by atoms with Crippen molar-refractivity contribution in [3.8, 4) is 0 Å². The number of unbranched alkanes of at least 4 members (excludes halogenated alkanes) is 1. The number of nitrogens with two attached hydrogens (primary N) is 2. The summed E-state index contributed by atoms with van der Waals surface area (Å²) < 4.78 is 0. The Labute approximate surface area is 118 Å². The molecule has 2 heterocycles. The van der Waals surface area contributed by atoms with Gasteiger partial charge in [-0.25, -0.2) is 0 Å². The van der Waals surface area contributed by atoms with Gasteiger partial charge in [-0.1, -0.05) is 0 Å². The summed E-state index contributed by atoms with van der Waals surface area (Å²) in [6, 6.07) is 0. The molecule has 1 amide bonds. The fourth-order valence-electron chi connectivity index (χ4n) is 2.14. The van der Waals surface area contributed by atoms with Crippen molar-refractivity contribution in [2.24, 2.45) is 5.73 Å². The molecule has 1 aromatic heterocycles. The number of nitrogens with one attached hydrogen (secondary N) is 1. The zero-order valence-corrected chi connectivity index (χ0v) is 11.5. The van der Waals surface area contributed by atoms with Crippen LogP contribution in [0.3, 0.4) is 0 Å². The molecule has 0 unspecified atom stereocenters. The maximum absolute atomic E-state index is 10.6. The minimum absolute atomic E-state index is 0.224. The molecule has 0 spiro atoms. The van der Waals surface area contributed by atoms with Gasteiger partial charge in [0.05, 0.1) is 0 Å². The Hall–Kier alpha value is -2.12. The van der Waals surface area contributed by atoms with E-state index in [9.17, 15) is 4.79 Å². The zero-order chi connectivity index (χ0) is 14.4. The summed E-state index contributed by atoms with van der Waals surface area (Å²) in [4.78, 5) is 25.3. The molecule has 5 N–H and O–H groups in total. The van der Waals surface area contributed by atoms with Gasteiger partial charge in [-0.3, -0.25) is 4.79 Å². The van der Waals surface area contributed by atoms with Gasteiger partial charge in [-0.05, 0) is 25.7 Å². The third-order valence-corrected chi connectivity index (χ3v) is 3.16. The van der Waals surface area contributed by atoms with Crippen LogP contribution in [0.15, 0.2) is 0 Å². The molecule has 0 radical (unpaired) electrons. The maximum atomic E-state index is 10.6. The van der Waals surface area contributed by atoms with E-state index in [-0.39, 0.29) is 11.9 Å². The standard InChI is InChI=1S/C12H21N7O/c13-9(20)5-1-2-6-15-11-16-10(14)17-12(18-11)19-7-3-4-8-19/h1-8H2,(H2,13,20)(H3,14,15,16,17,18). The minimum atomic E-state index is -0.272. The van der Waals surface area contributed by atoms with Gasteiger partial charge in [0.15, 0.2) is 0 Å². The highest BCUT2D eigenvalue weighted by Crippen LogP contribution is 2.17. The average Bonchev–Trinajstić information content (AvgIpc) is 2.91. The Morgan fingerprint density at radius 2 is 1.95 bits per heavy atom. The Balaban J connectivity index is 1.86. The highest BCUT2D eigenvalue weighted by atomic mass is 16.1. The van der Waals surface area contributed by atoms with Gasteiger partial charge in [0, 0.05) is 26.1 Å². The van der Waals surface area contributed by atoms with E-state index in [1.54, 1.807) is 0 Å². The number of anilines is 3. The number of nitrogens with zero attached hydrogens (tertiary/aromatic N) is 4. The van der Waals surface area contributed by atoms with E-state index >= 15 is 0 Å². The lowest BCUT2D eigenvalue weighted by Crippen LogP contribution is -2.22. The summed E-state index contributed by atoms with van der Waals surface area (Å²) >= 11 is 0. The second-order valence-electron chi connectivity index (χ2n) is 4.86. The van der Waals surface area contributed by atoms with Crippen molar-refractivity contribution in [1.82, 2.24) is 15.0 Å². The van der Waals surface area contributed by atoms with Crippen LogP contribution >= 0.6 is 0 Å². The molecule has 0 aromatic carbocycles. The summed E-state index contributed by atoms with van der Waals surface area (Å²) in [5.74, 6) is 1.07. The first-order valence-corrected chi connectivity index (χ1v) is 6.94. The second kappa shape index (κ2) is 6.88. The van der Waals surface area contributed by atoms with Crippen LogP contribution in [0.2, 0.25) is 0 Å². The van der Waals surface area contributed by atoms with Crippen molar-refractivity contribution in [2.75, 3.05) is 35.6 Å². The van der Waals surface area contributed by atoms with Gasteiger partial charge in [0.25, 0.3) is 0 Å². The van der Waals surface area contributed by atoms with Gasteiger partial charge in [-0.2, -0.15) is 15.0 Å². The van der Waals surface area contributed by atoms with Crippen LogP contribution < -0.4 is 21.7 Å². The third kappa shape index (κ3) is 4.22.